The average molecular weight is 464 g/mol. The molecule has 1 aromatic heterocycles. The van der Waals surface area contributed by atoms with Gasteiger partial charge in [0.1, 0.15) is 11.5 Å². The Hall–Kier alpha value is -4.45. The maximum atomic E-state index is 12.4. The average Bonchev–Trinajstić information content (AvgIpc) is 3.30. The van der Waals surface area contributed by atoms with Gasteiger partial charge in [0.15, 0.2) is 0 Å². The quantitative estimate of drug-likeness (QED) is 0.305. The minimum Gasteiger partial charge on any atom is -0.457 e. The predicted molar refractivity (Wildman–Crippen MR) is 138 cm³/mol. The molecule has 1 amide bonds. The topological polar surface area (TPSA) is 84.1 Å². The number of benzene rings is 3. The summed E-state index contributed by atoms with van der Waals surface area (Å²) in [4.78, 5) is 24.8. The van der Waals surface area contributed by atoms with Crippen molar-refractivity contribution in [1.29, 1.82) is 0 Å². The third-order valence-corrected chi connectivity index (χ3v) is 5.91. The number of nitrogens with zero attached hydrogens (tertiary/aromatic N) is 1. The number of Topliss-reactive ketones (excluding diaryl/α,β-unsaturated/α-hetero) is 1. The Bertz CT molecular complexity index is 1430. The van der Waals surface area contributed by atoms with Crippen LogP contribution in [0, 0.1) is 0 Å². The number of carbonyl (C=O) groups excluding carboxylic acids is 2. The Morgan fingerprint density at radius 2 is 1.77 bits per heavy atom. The van der Waals surface area contributed by atoms with E-state index in [2.05, 4.69) is 15.5 Å². The van der Waals surface area contributed by atoms with Gasteiger partial charge in [-0.25, -0.2) is 0 Å². The molecular weight excluding hydrogens is 438 g/mol. The van der Waals surface area contributed by atoms with E-state index >= 15 is 0 Å². The maximum absolute atomic E-state index is 12.4. The summed E-state index contributed by atoms with van der Waals surface area (Å²) in [5, 5.41) is 11.1. The van der Waals surface area contributed by atoms with E-state index in [9.17, 15) is 9.59 Å². The maximum Gasteiger partial charge on any atom is 0.296 e. The van der Waals surface area contributed by atoms with Crippen molar-refractivity contribution in [3.05, 3.63) is 95.7 Å². The fraction of sp³-hybridized carbons (Fsp3) is 0.138. The molecule has 35 heavy (non-hydrogen) atoms. The molecule has 0 bridgehead atoms. The zero-order valence-corrected chi connectivity index (χ0v) is 19.2. The second-order valence-corrected chi connectivity index (χ2v) is 8.45. The Kier molecular flexibility index (Phi) is 6.52. The number of carbonyl (C=O) groups is 2. The summed E-state index contributed by atoms with van der Waals surface area (Å²) < 4.78 is 6.01. The molecule has 0 radical (unpaired) electrons. The summed E-state index contributed by atoms with van der Waals surface area (Å²) in [5.74, 6) is 0.102. The van der Waals surface area contributed by atoms with Crippen LogP contribution in [-0.2, 0) is 9.59 Å². The molecule has 0 spiro atoms. The summed E-state index contributed by atoms with van der Waals surface area (Å²) >= 11 is 0. The first-order chi connectivity index (χ1) is 17.2. The van der Waals surface area contributed by atoms with Gasteiger partial charge >= 0.3 is 0 Å². The molecule has 6 heteroatoms. The molecule has 0 aliphatic heterocycles. The molecule has 0 saturated heterocycles. The van der Waals surface area contributed by atoms with Gasteiger partial charge in [-0.1, -0.05) is 48.6 Å². The Labute approximate surface area is 203 Å². The first kappa shape index (κ1) is 22.3. The monoisotopic (exact) mass is 463 g/mol. The van der Waals surface area contributed by atoms with E-state index in [4.69, 9.17) is 4.74 Å². The van der Waals surface area contributed by atoms with Gasteiger partial charge in [-0.3, -0.25) is 14.7 Å². The van der Waals surface area contributed by atoms with Crippen LogP contribution in [0.2, 0.25) is 0 Å². The molecule has 0 fully saturated rings. The summed E-state index contributed by atoms with van der Waals surface area (Å²) in [5.41, 5.74) is 3.91. The lowest BCUT2D eigenvalue weighted by Crippen LogP contribution is -2.25. The smallest absolute Gasteiger partial charge is 0.296 e. The lowest BCUT2D eigenvalue weighted by atomic mass is 9.96. The molecule has 1 heterocycles. The molecule has 4 aromatic rings. The number of H-pyrrole nitrogens is 1. The number of rotatable bonds is 7. The van der Waals surface area contributed by atoms with Gasteiger partial charge in [0.2, 0.25) is 5.78 Å². The third kappa shape index (κ3) is 5.38. The number of hydrogen-bond donors (Lipinski definition) is 2. The summed E-state index contributed by atoms with van der Waals surface area (Å²) in [7, 11) is 0. The molecule has 174 valence electrons. The first-order valence-corrected chi connectivity index (χ1v) is 11.7. The van der Waals surface area contributed by atoms with Crippen molar-refractivity contribution in [2.24, 2.45) is 0 Å². The Balaban J connectivity index is 1.27. The normalized spacial score (nSPS) is 13.5. The van der Waals surface area contributed by atoms with E-state index in [0.717, 1.165) is 41.4 Å². The van der Waals surface area contributed by atoms with E-state index in [-0.39, 0.29) is 0 Å². The predicted octanol–water partition coefficient (Wildman–Crippen LogP) is 6.53. The number of nitrogens with one attached hydrogen (secondary N) is 2. The number of aromatic amines is 1. The number of anilines is 1. The van der Waals surface area contributed by atoms with Crippen LogP contribution in [0.3, 0.4) is 0 Å². The van der Waals surface area contributed by atoms with Crippen LogP contribution in [0.25, 0.3) is 23.1 Å². The number of allylic oxidation sites excluding steroid dienone is 1. The van der Waals surface area contributed by atoms with Gasteiger partial charge in [0.05, 0.1) is 11.2 Å². The zero-order valence-electron chi connectivity index (χ0n) is 19.2. The molecule has 0 atom stereocenters. The lowest BCUT2D eigenvalue weighted by molar-refractivity contribution is -0.132. The zero-order chi connectivity index (χ0) is 24.0. The SMILES string of the molecule is O=C(Nc1cccc(Oc2ccc3c(/C=C/c4ccccc4)n[nH]c3c2)c1)C(=O)C1=CCCCC1. The molecule has 3 aromatic carbocycles. The summed E-state index contributed by atoms with van der Waals surface area (Å²) in [6.07, 6.45) is 9.40. The van der Waals surface area contributed by atoms with Crippen molar-refractivity contribution in [1.82, 2.24) is 10.2 Å². The number of hydrogen-bond acceptors (Lipinski definition) is 4. The first-order valence-electron chi connectivity index (χ1n) is 11.7. The molecular formula is C29H25N3O3. The van der Waals surface area contributed by atoms with E-state index in [1.807, 2.05) is 66.8 Å². The fourth-order valence-corrected chi connectivity index (χ4v) is 4.10. The van der Waals surface area contributed by atoms with Crippen molar-refractivity contribution in [2.75, 3.05) is 5.32 Å². The van der Waals surface area contributed by atoms with E-state index < -0.39 is 11.7 Å². The van der Waals surface area contributed by atoms with Gasteiger partial charge in [0.25, 0.3) is 5.91 Å². The van der Waals surface area contributed by atoms with E-state index in [0.29, 0.717) is 29.2 Å². The highest BCUT2D eigenvalue weighted by molar-refractivity contribution is 6.46. The largest absolute Gasteiger partial charge is 0.457 e. The summed E-state index contributed by atoms with van der Waals surface area (Å²) in [6, 6.07) is 22.8. The van der Waals surface area contributed by atoms with Crippen LogP contribution in [0.5, 0.6) is 11.5 Å². The molecule has 1 aliphatic carbocycles. The van der Waals surface area contributed by atoms with Crippen LogP contribution in [0.15, 0.2) is 84.4 Å². The highest BCUT2D eigenvalue weighted by atomic mass is 16.5. The van der Waals surface area contributed by atoms with Gasteiger partial charge in [0, 0.05) is 28.8 Å². The summed E-state index contributed by atoms with van der Waals surface area (Å²) in [6.45, 7) is 0. The number of fused-ring (bicyclic) bond motifs is 1. The molecule has 0 saturated carbocycles. The van der Waals surface area contributed by atoms with E-state index in [1.54, 1.807) is 24.3 Å². The van der Waals surface area contributed by atoms with Crippen molar-refractivity contribution >= 4 is 40.4 Å². The fourth-order valence-electron chi connectivity index (χ4n) is 4.10. The second-order valence-electron chi connectivity index (χ2n) is 8.45. The molecule has 0 unspecified atom stereocenters. The molecule has 1 aliphatic rings. The lowest BCUT2D eigenvalue weighted by Gasteiger charge is -2.12. The van der Waals surface area contributed by atoms with Gasteiger partial charge in [-0.15, -0.1) is 0 Å². The minimum absolute atomic E-state index is 0.460. The Morgan fingerprint density at radius 3 is 2.60 bits per heavy atom. The standard InChI is InChI=1S/C29H25N3O3/c33-28(21-10-5-2-6-11-21)29(34)30-22-12-7-13-23(18-22)35-24-15-16-25-26(31-32-27(25)19-24)17-14-20-8-3-1-4-9-20/h1,3-4,7-10,12-19H,2,5-6,11H2,(H,30,34)(H,31,32)/b17-14+. The second kappa shape index (κ2) is 10.2. The van der Waals surface area contributed by atoms with Crippen molar-refractivity contribution in [2.45, 2.75) is 25.7 Å². The van der Waals surface area contributed by atoms with Crippen LogP contribution in [0.1, 0.15) is 36.9 Å². The number of ketones is 1. The van der Waals surface area contributed by atoms with Crippen LogP contribution >= 0.6 is 0 Å². The third-order valence-electron chi connectivity index (χ3n) is 5.91. The van der Waals surface area contributed by atoms with Gasteiger partial charge in [-0.2, -0.15) is 5.10 Å². The highest BCUT2D eigenvalue weighted by Gasteiger charge is 2.20. The van der Waals surface area contributed by atoms with Crippen LogP contribution in [0.4, 0.5) is 5.69 Å². The van der Waals surface area contributed by atoms with Gasteiger partial charge in [-0.05, 0) is 61.6 Å². The highest BCUT2D eigenvalue weighted by Crippen LogP contribution is 2.28. The van der Waals surface area contributed by atoms with Crippen LogP contribution in [-0.4, -0.2) is 21.9 Å². The molecule has 6 nitrogen and oxygen atoms in total. The molecule has 2 N–H and O–H groups in total. The van der Waals surface area contributed by atoms with Crippen LogP contribution < -0.4 is 10.1 Å². The van der Waals surface area contributed by atoms with Crippen molar-refractivity contribution in [3.63, 3.8) is 0 Å². The number of amides is 1. The van der Waals surface area contributed by atoms with Gasteiger partial charge < -0.3 is 10.1 Å². The van der Waals surface area contributed by atoms with Crippen molar-refractivity contribution < 1.29 is 14.3 Å². The molecule has 5 rings (SSSR count). The Morgan fingerprint density at radius 1 is 0.914 bits per heavy atom. The minimum atomic E-state index is -0.620. The van der Waals surface area contributed by atoms with Crippen molar-refractivity contribution in [3.8, 4) is 11.5 Å². The number of aromatic nitrogens is 2. The van der Waals surface area contributed by atoms with E-state index in [1.165, 1.54) is 0 Å². The number of ether oxygens (including phenoxy) is 1.